The monoisotopic (exact) mass is 260 g/mol. The van der Waals surface area contributed by atoms with E-state index >= 15 is 0 Å². The highest BCUT2D eigenvalue weighted by molar-refractivity contribution is 7.92. The van der Waals surface area contributed by atoms with Crippen molar-refractivity contribution < 1.29 is 8.42 Å². The molecule has 0 radical (unpaired) electrons. The van der Waals surface area contributed by atoms with E-state index in [1.807, 2.05) is 0 Å². The van der Waals surface area contributed by atoms with Crippen molar-refractivity contribution in [3.63, 3.8) is 0 Å². The van der Waals surface area contributed by atoms with Crippen LogP contribution in [0.25, 0.3) is 0 Å². The van der Waals surface area contributed by atoms with E-state index in [4.69, 9.17) is 23.2 Å². The molecule has 0 amide bonds. The fourth-order valence-corrected chi connectivity index (χ4v) is 2.38. The van der Waals surface area contributed by atoms with E-state index in [9.17, 15) is 8.42 Å². The Hall–Kier alpha value is 0.0900. The SMILES string of the molecule is CC(Cl)(Cl)c1nnc(S(C)(=O)=O)s1. The summed E-state index contributed by atoms with van der Waals surface area (Å²) >= 11 is 12.3. The first-order valence-corrected chi connectivity index (χ1v) is 6.59. The average molecular weight is 261 g/mol. The molecule has 1 aromatic rings. The number of nitrogens with zero attached hydrogens (tertiary/aromatic N) is 2. The largest absolute Gasteiger partial charge is 0.232 e. The first kappa shape index (κ1) is 11.2. The van der Waals surface area contributed by atoms with Gasteiger partial charge in [0, 0.05) is 6.26 Å². The van der Waals surface area contributed by atoms with Gasteiger partial charge in [0.15, 0.2) is 9.34 Å². The van der Waals surface area contributed by atoms with Crippen LogP contribution in [0.2, 0.25) is 0 Å². The van der Waals surface area contributed by atoms with E-state index in [-0.39, 0.29) is 9.35 Å². The lowest BCUT2D eigenvalue weighted by Gasteiger charge is -2.05. The van der Waals surface area contributed by atoms with Crippen LogP contribution in [0, 0.1) is 0 Å². The van der Waals surface area contributed by atoms with Gasteiger partial charge < -0.3 is 0 Å². The smallest absolute Gasteiger partial charge is 0.221 e. The van der Waals surface area contributed by atoms with Crippen molar-refractivity contribution in [2.75, 3.05) is 6.26 Å². The Bertz CT molecular complexity index is 406. The summed E-state index contributed by atoms with van der Waals surface area (Å²) in [6, 6.07) is 0. The second-order valence-electron chi connectivity index (χ2n) is 2.53. The van der Waals surface area contributed by atoms with Crippen molar-refractivity contribution in [2.24, 2.45) is 0 Å². The predicted octanol–water partition coefficient (Wildman–Crippen LogP) is 1.59. The molecular formula is C5H6Cl2N2O2S2. The van der Waals surface area contributed by atoms with E-state index in [0.717, 1.165) is 17.6 Å². The quantitative estimate of drug-likeness (QED) is 0.758. The molecule has 0 aliphatic carbocycles. The van der Waals surface area contributed by atoms with Crippen LogP contribution < -0.4 is 0 Å². The van der Waals surface area contributed by atoms with Crippen LogP contribution in [0.1, 0.15) is 11.9 Å². The summed E-state index contributed by atoms with van der Waals surface area (Å²) < 4.78 is 20.7. The molecule has 0 saturated carbocycles. The Morgan fingerprint density at radius 1 is 1.38 bits per heavy atom. The third-order valence-corrected chi connectivity index (χ3v) is 4.50. The summed E-state index contributed by atoms with van der Waals surface area (Å²) in [6.45, 7) is 1.50. The summed E-state index contributed by atoms with van der Waals surface area (Å²) in [5.41, 5.74) is 0. The zero-order valence-corrected chi connectivity index (χ0v) is 9.93. The van der Waals surface area contributed by atoms with E-state index in [1.54, 1.807) is 0 Å². The minimum atomic E-state index is -3.31. The molecule has 0 unspecified atom stereocenters. The van der Waals surface area contributed by atoms with Gasteiger partial charge in [0.25, 0.3) is 0 Å². The molecule has 0 aromatic carbocycles. The van der Waals surface area contributed by atoms with Crippen molar-refractivity contribution in [1.82, 2.24) is 10.2 Å². The fraction of sp³-hybridized carbons (Fsp3) is 0.600. The highest BCUT2D eigenvalue weighted by Gasteiger charge is 2.27. The third-order valence-electron chi connectivity index (χ3n) is 1.10. The topological polar surface area (TPSA) is 59.9 Å². The van der Waals surface area contributed by atoms with Crippen LogP contribution in [0.5, 0.6) is 0 Å². The van der Waals surface area contributed by atoms with Crippen LogP contribution in [0.4, 0.5) is 0 Å². The maximum atomic E-state index is 11.0. The lowest BCUT2D eigenvalue weighted by atomic mass is 10.5. The van der Waals surface area contributed by atoms with Crippen LogP contribution in [0.3, 0.4) is 0 Å². The van der Waals surface area contributed by atoms with Gasteiger partial charge in [-0.25, -0.2) is 8.42 Å². The Kier molecular flexibility index (Phi) is 2.87. The predicted molar refractivity (Wildman–Crippen MR) is 52.1 cm³/mol. The molecule has 0 saturated heterocycles. The Balaban J connectivity index is 3.16. The molecule has 0 aliphatic rings. The zero-order valence-electron chi connectivity index (χ0n) is 6.78. The van der Waals surface area contributed by atoms with Gasteiger partial charge in [0.05, 0.1) is 0 Å². The number of aromatic nitrogens is 2. The summed E-state index contributed by atoms with van der Waals surface area (Å²) in [7, 11) is -3.31. The number of sulfone groups is 1. The minimum absolute atomic E-state index is 0.0741. The number of alkyl halides is 2. The normalized spacial score (nSPS) is 13.2. The van der Waals surface area contributed by atoms with Gasteiger partial charge in [0.2, 0.25) is 14.2 Å². The molecule has 1 rings (SSSR count). The van der Waals surface area contributed by atoms with Crippen LogP contribution in [0.15, 0.2) is 4.34 Å². The molecule has 0 bridgehead atoms. The van der Waals surface area contributed by atoms with Crippen LogP contribution in [-0.2, 0) is 14.2 Å². The molecule has 74 valence electrons. The van der Waals surface area contributed by atoms with E-state index in [0.29, 0.717) is 0 Å². The average Bonchev–Trinajstić information content (AvgIpc) is 2.28. The molecule has 0 spiro atoms. The molecule has 0 N–H and O–H groups in total. The second kappa shape index (κ2) is 3.34. The summed E-state index contributed by atoms with van der Waals surface area (Å²) in [4.78, 5) is 0. The zero-order chi connectivity index (χ0) is 10.3. The van der Waals surface area contributed by atoms with Gasteiger partial charge in [-0.3, -0.25) is 0 Å². The molecule has 8 heteroatoms. The number of halogens is 2. The third kappa shape index (κ3) is 2.77. The molecule has 1 heterocycles. The number of hydrogen-bond donors (Lipinski definition) is 0. The molecular weight excluding hydrogens is 255 g/mol. The Morgan fingerprint density at radius 3 is 2.15 bits per heavy atom. The maximum absolute atomic E-state index is 11.0. The summed E-state index contributed by atoms with van der Waals surface area (Å²) in [5.74, 6) is 0. The lowest BCUT2D eigenvalue weighted by Crippen LogP contribution is -2.02. The van der Waals surface area contributed by atoms with Gasteiger partial charge in [-0.15, -0.1) is 10.2 Å². The lowest BCUT2D eigenvalue weighted by molar-refractivity contribution is 0.599. The van der Waals surface area contributed by atoms with Crippen molar-refractivity contribution in [3.8, 4) is 0 Å². The Morgan fingerprint density at radius 2 is 1.92 bits per heavy atom. The highest BCUT2D eigenvalue weighted by Crippen LogP contribution is 2.35. The standard InChI is InChI=1S/C5H6Cl2N2O2S2/c1-5(6,7)3-8-9-4(12-3)13(2,10)11/h1-2H3. The van der Waals surface area contributed by atoms with Gasteiger partial charge in [-0.1, -0.05) is 34.5 Å². The van der Waals surface area contributed by atoms with Crippen molar-refractivity contribution in [3.05, 3.63) is 5.01 Å². The second-order valence-corrected chi connectivity index (χ2v) is 7.41. The molecule has 1 aromatic heterocycles. The molecule has 0 fully saturated rings. The molecule has 0 aliphatic heterocycles. The number of rotatable bonds is 2. The van der Waals surface area contributed by atoms with Crippen molar-refractivity contribution >= 4 is 44.4 Å². The summed E-state index contributed by atoms with van der Waals surface area (Å²) in [6.07, 6.45) is 1.05. The van der Waals surface area contributed by atoms with Crippen LogP contribution in [-0.4, -0.2) is 24.9 Å². The van der Waals surface area contributed by atoms with Gasteiger partial charge in [-0.2, -0.15) is 0 Å². The molecule has 4 nitrogen and oxygen atoms in total. The first-order chi connectivity index (χ1) is 5.71. The molecule has 13 heavy (non-hydrogen) atoms. The fourth-order valence-electron chi connectivity index (χ4n) is 0.537. The van der Waals surface area contributed by atoms with E-state index < -0.39 is 14.2 Å². The molecule has 0 atom stereocenters. The minimum Gasteiger partial charge on any atom is -0.221 e. The van der Waals surface area contributed by atoms with Gasteiger partial charge >= 0.3 is 0 Å². The Labute approximate surface area is 89.8 Å². The van der Waals surface area contributed by atoms with Gasteiger partial charge in [0.1, 0.15) is 0 Å². The number of hydrogen-bond acceptors (Lipinski definition) is 5. The van der Waals surface area contributed by atoms with Crippen LogP contribution >= 0.6 is 34.5 Å². The van der Waals surface area contributed by atoms with E-state index in [1.165, 1.54) is 6.92 Å². The first-order valence-electron chi connectivity index (χ1n) is 3.13. The highest BCUT2D eigenvalue weighted by atomic mass is 35.5. The summed E-state index contributed by atoms with van der Waals surface area (Å²) in [5, 5.41) is 7.32. The van der Waals surface area contributed by atoms with Gasteiger partial charge in [-0.05, 0) is 6.92 Å². The van der Waals surface area contributed by atoms with Crippen molar-refractivity contribution in [1.29, 1.82) is 0 Å². The van der Waals surface area contributed by atoms with E-state index in [2.05, 4.69) is 10.2 Å². The maximum Gasteiger partial charge on any atom is 0.232 e. The van der Waals surface area contributed by atoms with Crippen molar-refractivity contribution in [2.45, 2.75) is 15.6 Å².